The van der Waals surface area contributed by atoms with Crippen molar-refractivity contribution < 1.29 is 4.79 Å². The minimum atomic E-state index is -0.175. The van der Waals surface area contributed by atoms with Gasteiger partial charge in [0, 0.05) is 15.7 Å². The predicted molar refractivity (Wildman–Crippen MR) is 86.7 cm³/mol. The molecule has 0 bridgehead atoms. The number of carbonyl (C=O) groups is 1. The maximum atomic E-state index is 12.2. The zero-order chi connectivity index (χ0) is 14.1. The maximum Gasteiger partial charge on any atom is 0.255 e. The molecule has 0 aliphatic carbocycles. The van der Waals surface area contributed by atoms with Gasteiger partial charge in [-0.15, -0.1) is 11.3 Å². The zero-order valence-corrected chi connectivity index (χ0v) is 13.2. The Hall–Kier alpha value is -1.43. The Bertz CT molecular complexity index is 803. The highest BCUT2D eigenvalue weighted by Crippen LogP contribution is 2.25. The highest BCUT2D eigenvalue weighted by molar-refractivity contribution is 9.10. The molecule has 0 fully saturated rings. The van der Waals surface area contributed by atoms with E-state index >= 15 is 0 Å². The van der Waals surface area contributed by atoms with E-state index in [-0.39, 0.29) is 5.91 Å². The molecule has 1 aromatic heterocycles. The Morgan fingerprint density at radius 3 is 2.90 bits per heavy atom. The molecule has 0 saturated heterocycles. The molecule has 3 rings (SSSR count). The highest BCUT2D eigenvalue weighted by atomic mass is 79.9. The van der Waals surface area contributed by atoms with Crippen molar-refractivity contribution in [1.82, 2.24) is 4.98 Å². The molecule has 100 valence electrons. The van der Waals surface area contributed by atoms with Gasteiger partial charge >= 0.3 is 0 Å². The number of benzene rings is 2. The van der Waals surface area contributed by atoms with E-state index in [4.69, 9.17) is 11.6 Å². The molecule has 2 aromatic carbocycles. The van der Waals surface area contributed by atoms with E-state index in [2.05, 4.69) is 26.2 Å². The number of rotatable bonds is 2. The van der Waals surface area contributed by atoms with Crippen LogP contribution in [0.4, 0.5) is 5.69 Å². The number of nitrogens with one attached hydrogen (secondary N) is 1. The third kappa shape index (κ3) is 2.70. The quantitative estimate of drug-likeness (QED) is 0.695. The molecule has 0 unspecified atom stereocenters. The van der Waals surface area contributed by atoms with Crippen LogP contribution in [0.3, 0.4) is 0 Å². The van der Waals surface area contributed by atoms with Crippen LogP contribution < -0.4 is 5.32 Å². The van der Waals surface area contributed by atoms with Crippen molar-refractivity contribution in [3.63, 3.8) is 0 Å². The molecule has 1 amide bonds. The van der Waals surface area contributed by atoms with E-state index in [0.29, 0.717) is 15.1 Å². The van der Waals surface area contributed by atoms with Gasteiger partial charge in [0.05, 0.1) is 20.7 Å². The van der Waals surface area contributed by atoms with E-state index in [9.17, 15) is 4.79 Å². The van der Waals surface area contributed by atoms with Crippen molar-refractivity contribution in [2.45, 2.75) is 0 Å². The monoisotopic (exact) mass is 366 g/mol. The summed E-state index contributed by atoms with van der Waals surface area (Å²) in [6.45, 7) is 0. The molecule has 3 aromatic rings. The maximum absolute atomic E-state index is 12.2. The summed E-state index contributed by atoms with van der Waals surface area (Å²) < 4.78 is 1.74. The van der Waals surface area contributed by atoms with Crippen LogP contribution in [0.15, 0.2) is 46.4 Å². The normalized spacial score (nSPS) is 10.7. The van der Waals surface area contributed by atoms with Crippen LogP contribution in [0.25, 0.3) is 10.2 Å². The minimum Gasteiger partial charge on any atom is -0.322 e. The second-order valence-electron chi connectivity index (χ2n) is 4.12. The molecule has 0 spiro atoms. The molecular weight excluding hydrogens is 360 g/mol. The topological polar surface area (TPSA) is 42.0 Å². The third-order valence-corrected chi connectivity index (χ3v) is 4.78. The summed E-state index contributed by atoms with van der Waals surface area (Å²) in [6.07, 6.45) is 0. The fourth-order valence-electron chi connectivity index (χ4n) is 1.77. The first-order chi connectivity index (χ1) is 9.63. The van der Waals surface area contributed by atoms with Crippen LogP contribution in [-0.2, 0) is 0 Å². The molecule has 1 N–H and O–H groups in total. The van der Waals surface area contributed by atoms with Gasteiger partial charge in [0.15, 0.2) is 0 Å². The number of nitrogens with zero attached hydrogens (tertiary/aromatic N) is 1. The number of anilines is 1. The first-order valence-corrected chi connectivity index (χ1v) is 7.78. The first kappa shape index (κ1) is 13.5. The molecule has 0 aliphatic heterocycles. The number of hydrogen-bond acceptors (Lipinski definition) is 3. The van der Waals surface area contributed by atoms with Crippen LogP contribution in [0.2, 0.25) is 5.02 Å². The van der Waals surface area contributed by atoms with Gasteiger partial charge in [-0.3, -0.25) is 4.79 Å². The van der Waals surface area contributed by atoms with E-state index < -0.39 is 0 Å². The van der Waals surface area contributed by atoms with Gasteiger partial charge in [-0.25, -0.2) is 4.98 Å². The summed E-state index contributed by atoms with van der Waals surface area (Å²) >= 11 is 10.8. The molecule has 0 saturated carbocycles. The van der Waals surface area contributed by atoms with Gasteiger partial charge in [0.2, 0.25) is 0 Å². The largest absolute Gasteiger partial charge is 0.322 e. The summed E-state index contributed by atoms with van der Waals surface area (Å²) in [6, 6.07) is 10.7. The molecule has 3 nitrogen and oxygen atoms in total. The summed E-state index contributed by atoms with van der Waals surface area (Å²) in [5.41, 5.74) is 4.01. The predicted octanol–water partition coefficient (Wildman–Crippen LogP) is 4.96. The number of thiazole rings is 1. The zero-order valence-electron chi connectivity index (χ0n) is 10.1. The third-order valence-electron chi connectivity index (χ3n) is 2.77. The van der Waals surface area contributed by atoms with Gasteiger partial charge in [0.25, 0.3) is 5.91 Å². The van der Waals surface area contributed by atoms with Gasteiger partial charge in [-0.1, -0.05) is 11.6 Å². The van der Waals surface area contributed by atoms with E-state index in [0.717, 1.165) is 15.9 Å². The van der Waals surface area contributed by atoms with Gasteiger partial charge in [-0.05, 0) is 52.3 Å². The molecule has 1 heterocycles. The lowest BCUT2D eigenvalue weighted by Gasteiger charge is -2.06. The van der Waals surface area contributed by atoms with Crippen LogP contribution >= 0.6 is 38.9 Å². The average Bonchev–Trinajstić information content (AvgIpc) is 2.89. The molecule has 20 heavy (non-hydrogen) atoms. The second-order valence-corrected chi connectivity index (χ2v) is 6.27. The van der Waals surface area contributed by atoms with Gasteiger partial charge < -0.3 is 5.32 Å². The van der Waals surface area contributed by atoms with Crippen molar-refractivity contribution in [3.05, 3.63) is 57.0 Å². The molecule has 0 aliphatic rings. The summed E-state index contributed by atoms with van der Waals surface area (Å²) in [7, 11) is 0. The Morgan fingerprint density at radius 1 is 1.25 bits per heavy atom. The molecular formula is C14H8BrClN2OS. The van der Waals surface area contributed by atoms with Crippen molar-refractivity contribution in [2.24, 2.45) is 0 Å². The lowest BCUT2D eigenvalue weighted by molar-refractivity contribution is 0.102. The van der Waals surface area contributed by atoms with E-state index in [1.54, 1.807) is 35.0 Å². The molecule has 6 heteroatoms. The number of amides is 1. The lowest BCUT2D eigenvalue weighted by Crippen LogP contribution is -2.11. The van der Waals surface area contributed by atoms with Crippen LogP contribution in [-0.4, -0.2) is 10.9 Å². The lowest BCUT2D eigenvalue weighted by atomic mass is 10.2. The van der Waals surface area contributed by atoms with Crippen molar-refractivity contribution in [1.29, 1.82) is 0 Å². The number of hydrogen-bond donors (Lipinski definition) is 1. The van der Waals surface area contributed by atoms with Crippen LogP contribution in [0, 0.1) is 0 Å². The Morgan fingerprint density at radius 2 is 2.10 bits per heavy atom. The number of aromatic nitrogens is 1. The summed E-state index contributed by atoms with van der Waals surface area (Å²) in [5.74, 6) is -0.175. The number of halogens is 2. The summed E-state index contributed by atoms with van der Waals surface area (Å²) in [4.78, 5) is 16.4. The molecule has 0 radical (unpaired) electrons. The fraction of sp³-hybridized carbons (Fsp3) is 0. The standard InChI is InChI=1S/C14H8BrClN2OS/c15-10-5-8(1-3-11(10)16)14(19)18-9-2-4-12-13(6-9)20-7-17-12/h1-7H,(H,18,19). The Balaban J connectivity index is 1.85. The van der Waals surface area contributed by atoms with E-state index in [1.165, 1.54) is 0 Å². The minimum absolute atomic E-state index is 0.175. The Kier molecular flexibility index (Phi) is 3.74. The SMILES string of the molecule is O=C(Nc1ccc2ncsc2c1)c1ccc(Cl)c(Br)c1. The van der Waals surface area contributed by atoms with Crippen molar-refractivity contribution >= 4 is 60.7 Å². The molecule has 0 atom stereocenters. The second kappa shape index (κ2) is 5.52. The fourth-order valence-corrected chi connectivity index (χ4v) is 2.99. The van der Waals surface area contributed by atoms with Crippen LogP contribution in [0.1, 0.15) is 10.4 Å². The highest BCUT2D eigenvalue weighted by Gasteiger charge is 2.09. The van der Waals surface area contributed by atoms with Crippen LogP contribution in [0.5, 0.6) is 0 Å². The Labute approximate surface area is 132 Å². The number of fused-ring (bicyclic) bond motifs is 1. The van der Waals surface area contributed by atoms with Gasteiger partial charge in [-0.2, -0.15) is 0 Å². The van der Waals surface area contributed by atoms with Gasteiger partial charge in [0.1, 0.15) is 0 Å². The summed E-state index contributed by atoms with van der Waals surface area (Å²) in [5, 5.41) is 3.44. The van der Waals surface area contributed by atoms with Crippen molar-refractivity contribution in [3.8, 4) is 0 Å². The van der Waals surface area contributed by atoms with Crippen molar-refractivity contribution in [2.75, 3.05) is 5.32 Å². The number of carbonyl (C=O) groups excluding carboxylic acids is 1. The van der Waals surface area contributed by atoms with E-state index in [1.807, 2.05) is 18.2 Å². The smallest absolute Gasteiger partial charge is 0.255 e. The average molecular weight is 368 g/mol. The first-order valence-electron chi connectivity index (χ1n) is 5.73.